The van der Waals surface area contributed by atoms with Gasteiger partial charge in [-0.1, -0.05) is 127 Å². The zero-order chi connectivity index (χ0) is 34.1. The van der Waals surface area contributed by atoms with Crippen LogP contribution < -0.4 is 4.90 Å². The number of fused-ring (bicyclic) bond motifs is 4. The van der Waals surface area contributed by atoms with Crippen LogP contribution in [0.3, 0.4) is 0 Å². The summed E-state index contributed by atoms with van der Waals surface area (Å²) in [5.74, 6) is 1.61. The van der Waals surface area contributed by atoms with E-state index in [9.17, 15) is 5.11 Å². The van der Waals surface area contributed by atoms with E-state index >= 15 is 0 Å². The Morgan fingerprint density at radius 3 is 1.86 bits per heavy atom. The molecule has 0 radical (unpaired) electrons. The third kappa shape index (κ3) is 5.83. The number of rotatable bonds is 5. The summed E-state index contributed by atoms with van der Waals surface area (Å²) < 4.78 is 6.39. The predicted molar refractivity (Wildman–Crippen MR) is 206 cm³/mol. The van der Waals surface area contributed by atoms with Crippen molar-refractivity contribution in [3.05, 3.63) is 175 Å². The second-order valence-corrected chi connectivity index (χ2v) is 12.6. The number of benzene rings is 6. The average Bonchev–Trinajstić information content (AvgIpc) is 3.60. The molecule has 6 nitrogen and oxygen atoms in total. The Bertz CT molecular complexity index is 2540. The molecule has 2 aromatic heterocycles. The summed E-state index contributed by atoms with van der Waals surface area (Å²) in [5, 5.41) is 13.1. The quantitative estimate of drug-likeness (QED) is 0.198. The van der Waals surface area contributed by atoms with Crippen molar-refractivity contribution in [3.8, 4) is 39.9 Å². The Morgan fingerprint density at radius 1 is 0.569 bits per heavy atom. The highest BCUT2D eigenvalue weighted by Gasteiger charge is 2.20. The molecule has 0 unspecified atom stereocenters. The Hall–Kier alpha value is -6.79. The number of furan rings is 1. The number of allylic oxidation sites excluding steroid dienone is 3. The highest BCUT2D eigenvalue weighted by molar-refractivity contribution is 6.09. The van der Waals surface area contributed by atoms with Crippen molar-refractivity contribution in [1.29, 1.82) is 0 Å². The van der Waals surface area contributed by atoms with Gasteiger partial charge in [-0.3, -0.25) is 0 Å². The molecular weight excluding hydrogens is 629 g/mol. The molecule has 244 valence electrons. The first-order valence-corrected chi connectivity index (χ1v) is 17.0. The van der Waals surface area contributed by atoms with Crippen LogP contribution in [0, 0.1) is 0 Å². The third-order valence-electron chi connectivity index (χ3n) is 9.32. The minimum Gasteiger partial charge on any atom is -0.504 e. The lowest BCUT2D eigenvalue weighted by Gasteiger charge is -2.26. The van der Waals surface area contributed by atoms with E-state index in [0.29, 0.717) is 40.7 Å². The Morgan fingerprint density at radius 2 is 1.18 bits per heavy atom. The third-order valence-corrected chi connectivity index (χ3v) is 9.32. The average molecular weight is 661 g/mol. The molecule has 0 aliphatic carbocycles. The van der Waals surface area contributed by atoms with Gasteiger partial charge in [0.05, 0.1) is 0 Å². The van der Waals surface area contributed by atoms with Crippen molar-refractivity contribution in [2.24, 2.45) is 0 Å². The largest absolute Gasteiger partial charge is 0.504 e. The number of aromatic hydroxyl groups is 1. The van der Waals surface area contributed by atoms with Crippen LogP contribution in [0.2, 0.25) is 0 Å². The van der Waals surface area contributed by atoms with Crippen LogP contribution in [0.5, 0.6) is 5.75 Å². The van der Waals surface area contributed by atoms with E-state index in [0.717, 1.165) is 39.7 Å². The smallest absolute Gasteiger partial charge is 0.177 e. The molecule has 6 heteroatoms. The highest BCUT2D eigenvalue weighted by atomic mass is 16.4. The maximum absolute atomic E-state index is 11.4. The predicted octanol–water partition coefficient (Wildman–Crippen LogP) is 10.8. The topological polar surface area (TPSA) is 75.3 Å². The number of hydrogen-bond acceptors (Lipinski definition) is 6. The van der Waals surface area contributed by atoms with Crippen LogP contribution in [0.4, 0.5) is 11.4 Å². The van der Waals surface area contributed by atoms with E-state index in [1.54, 1.807) is 6.07 Å². The standard InChI is InChI=1S/C45H32N4O2/c50-40-28-35(45-47-43(33-16-6-2-7-17-33)46-44(48-45)34-18-8-3-9-19-34)27-38-37-24-23-36(29-41(37)51-42(38)40)49-26-25-31(30-13-4-1-5-14-30)20-12-21-32-15-10-11-22-39(32)49/h1-20,22-25,27-29,50H,21,26H2/b20-12-,31-25+. The van der Waals surface area contributed by atoms with Crippen LogP contribution in [0.1, 0.15) is 11.1 Å². The van der Waals surface area contributed by atoms with Crippen LogP contribution >= 0.6 is 0 Å². The molecule has 0 saturated heterocycles. The summed E-state index contributed by atoms with van der Waals surface area (Å²) in [4.78, 5) is 16.9. The van der Waals surface area contributed by atoms with Gasteiger partial charge in [0.15, 0.2) is 28.8 Å². The Labute approximate surface area is 295 Å². The molecule has 6 aromatic carbocycles. The van der Waals surface area contributed by atoms with Crippen molar-refractivity contribution in [3.63, 3.8) is 0 Å². The maximum atomic E-state index is 11.4. The van der Waals surface area contributed by atoms with Crippen molar-refractivity contribution in [1.82, 2.24) is 15.0 Å². The van der Waals surface area contributed by atoms with Gasteiger partial charge in [0, 0.05) is 51.4 Å². The molecule has 1 N–H and O–H groups in total. The van der Waals surface area contributed by atoms with Gasteiger partial charge in [0.25, 0.3) is 0 Å². The van der Waals surface area contributed by atoms with Gasteiger partial charge in [0.2, 0.25) is 0 Å². The van der Waals surface area contributed by atoms with E-state index in [4.69, 9.17) is 19.4 Å². The minimum atomic E-state index is 0.0257. The fourth-order valence-corrected chi connectivity index (χ4v) is 6.79. The fraction of sp³-hybridized carbons (Fsp3) is 0.0444. The summed E-state index contributed by atoms with van der Waals surface area (Å²) in [5.41, 5.74) is 9.29. The summed E-state index contributed by atoms with van der Waals surface area (Å²) in [6, 6.07) is 48.7. The number of phenols is 1. The van der Waals surface area contributed by atoms with E-state index in [1.807, 2.05) is 72.8 Å². The molecule has 0 fully saturated rings. The van der Waals surface area contributed by atoms with Gasteiger partial charge in [-0.25, -0.2) is 15.0 Å². The molecule has 0 amide bonds. The number of hydrogen-bond donors (Lipinski definition) is 1. The molecular formula is C45H32N4O2. The number of para-hydroxylation sites is 1. The molecule has 0 bridgehead atoms. The molecule has 0 spiro atoms. The lowest BCUT2D eigenvalue weighted by Crippen LogP contribution is -2.18. The van der Waals surface area contributed by atoms with Crippen molar-refractivity contribution in [2.45, 2.75) is 6.42 Å². The van der Waals surface area contributed by atoms with Gasteiger partial charge in [-0.15, -0.1) is 0 Å². The number of anilines is 2. The Balaban J connectivity index is 1.15. The first-order valence-electron chi connectivity index (χ1n) is 17.0. The highest BCUT2D eigenvalue weighted by Crippen LogP contribution is 2.41. The maximum Gasteiger partial charge on any atom is 0.177 e. The first-order chi connectivity index (χ1) is 25.2. The van der Waals surface area contributed by atoms with Crippen LogP contribution in [0.25, 0.3) is 61.7 Å². The molecule has 51 heavy (non-hydrogen) atoms. The second kappa shape index (κ2) is 12.9. The minimum absolute atomic E-state index is 0.0257. The van der Waals surface area contributed by atoms with Crippen molar-refractivity contribution < 1.29 is 9.52 Å². The molecule has 0 atom stereocenters. The van der Waals surface area contributed by atoms with E-state index in [1.165, 1.54) is 16.7 Å². The van der Waals surface area contributed by atoms with Crippen LogP contribution in [0.15, 0.2) is 168 Å². The summed E-state index contributed by atoms with van der Waals surface area (Å²) in [6.07, 6.45) is 7.55. The number of aromatic nitrogens is 3. The molecule has 0 saturated carbocycles. The molecule has 9 rings (SSSR count). The second-order valence-electron chi connectivity index (χ2n) is 12.6. The van der Waals surface area contributed by atoms with Crippen molar-refractivity contribution >= 4 is 38.9 Å². The molecule has 3 heterocycles. The zero-order valence-electron chi connectivity index (χ0n) is 27.6. The zero-order valence-corrected chi connectivity index (χ0v) is 27.6. The van der Waals surface area contributed by atoms with Gasteiger partial charge in [-0.05, 0) is 53.5 Å². The lowest BCUT2D eigenvalue weighted by atomic mass is 10.0. The summed E-state index contributed by atoms with van der Waals surface area (Å²) >= 11 is 0. The summed E-state index contributed by atoms with van der Waals surface area (Å²) in [7, 11) is 0. The molecule has 1 aliphatic heterocycles. The number of phenolic OH excluding ortho intramolecular Hbond substituents is 1. The van der Waals surface area contributed by atoms with E-state index in [-0.39, 0.29) is 5.75 Å². The lowest BCUT2D eigenvalue weighted by molar-refractivity contribution is 0.469. The van der Waals surface area contributed by atoms with Gasteiger partial charge < -0.3 is 14.4 Å². The van der Waals surface area contributed by atoms with E-state index < -0.39 is 0 Å². The SMILES string of the molecule is Oc1cc(-c2nc(-c3ccccc3)nc(-c3ccccc3)n2)cc2c1oc1cc(N3C/C=C(c4ccccc4)\C=C/Cc4ccccc43)ccc12. The van der Waals surface area contributed by atoms with Gasteiger partial charge in [-0.2, -0.15) is 0 Å². The van der Waals surface area contributed by atoms with Gasteiger partial charge >= 0.3 is 0 Å². The fourth-order valence-electron chi connectivity index (χ4n) is 6.79. The van der Waals surface area contributed by atoms with Crippen LogP contribution in [-0.2, 0) is 6.42 Å². The van der Waals surface area contributed by atoms with Crippen molar-refractivity contribution in [2.75, 3.05) is 11.4 Å². The van der Waals surface area contributed by atoms with E-state index in [2.05, 4.69) is 89.9 Å². The molecule has 1 aliphatic rings. The first kappa shape index (κ1) is 30.3. The van der Waals surface area contributed by atoms with Crippen LogP contribution in [-0.4, -0.2) is 26.6 Å². The number of nitrogens with zero attached hydrogens (tertiary/aromatic N) is 4. The normalized spacial score (nSPS) is 14.7. The monoisotopic (exact) mass is 660 g/mol. The Kier molecular flexibility index (Phi) is 7.67. The molecule has 8 aromatic rings. The summed E-state index contributed by atoms with van der Waals surface area (Å²) in [6.45, 7) is 0.666. The van der Waals surface area contributed by atoms with Gasteiger partial charge in [0.1, 0.15) is 5.58 Å².